The standard InChI is InChI=1S/C17H18N6O/c1-12-11-15(18-10-7-13-3-5-14(24)6-4-13)22-17(21-12)23-16-19-8-2-9-20-16/h2-6,8-9,11,24H,7,10H2,1H3,(H2,18,19,20,21,22,23). The molecule has 0 aliphatic rings. The van der Waals surface area contributed by atoms with Gasteiger partial charge >= 0.3 is 0 Å². The van der Waals surface area contributed by atoms with E-state index in [1.54, 1.807) is 30.6 Å². The number of aromatic nitrogens is 4. The fourth-order valence-electron chi connectivity index (χ4n) is 2.18. The van der Waals surface area contributed by atoms with E-state index in [1.807, 2.05) is 25.1 Å². The summed E-state index contributed by atoms with van der Waals surface area (Å²) in [5.74, 6) is 1.92. The number of nitrogens with one attached hydrogen (secondary N) is 2. The van der Waals surface area contributed by atoms with Crippen molar-refractivity contribution in [3.8, 4) is 5.75 Å². The minimum Gasteiger partial charge on any atom is -0.508 e. The molecule has 0 fully saturated rings. The van der Waals surface area contributed by atoms with Gasteiger partial charge in [-0.25, -0.2) is 15.0 Å². The van der Waals surface area contributed by atoms with Crippen LogP contribution in [0.25, 0.3) is 0 Å². The van der Waals surface area contributed by atoms with E-state index in [1.165, 1.54) is 0 Å². The van der Waals surface area contributed by atoms with Crippen molar-refractivity contribution in [2.75, 3.05) is 17.2 Å². The molecule has 3 aromatic rings. The van der Waals surface area contributed by atoms with Crippen molar-refractivity contribution < 1.29 is 5.11 Å². The van der Waals surface area contributed by atoms with Gasteiger partial charge in [-0.15, -0.1) is 0 Å². The molecule has 3 N–H and O–H groups in total. The number of phenols is 1. The average molecular weight is 322 g/mol. The molecule has 0 spiro atoms. The first-order chi connectivity index (χ1) is 11.7. The van der Waals surface area contributed by atoms with Crippen LogP contribution in [0.3, 0.4) is 0 Å². The molecule has 2 heterocycles. The van der Waals surface area contributed by atoms with Gasteiger partial charge in [0.05, 0.1) is 0 Å². The van der Waals surface area contributed by atoms with Gasteiger partial charge in [0.1, 0.15) is 11.6 Å². The number of rotatable bonds is 6. The maximum absolute atomic E-state index is 9.29. The molecule has 0 radical (unpaired) electrons. The monoisotopic (exact) mass is 322 g/mol. The van der Waals surface area contributed by atoms with Crippen LogP contribution < -0.4 is 10.6 Å². The van der Waals surface area contributed by atoms with Crippen molar-refractivity contribution in [2.24, 2.45) is 0 Å². The first kappa shape index (κ1) is 15.7. The number of hydrogen-bond donors (Lipinski definition) is 3. The Labute approximate surface area is 139 Å². The lowest BCUT2D eigenvalue weighted by molar-refractivity contribution is 0.475. The van der Waals surface area contributed by atoms with Crippen molar-refractivity contribution in [2.45, 2.75) is 13.3 Å². The second-order valence-corrected chi connectivity index (χ2v) is 5.26. The Morgan fingerprint density at radius 2 is 1.75 bits per heavy atom. The number of aryl methyl sites for hydroxylation is 1. The maximum Gasteiger partial charge on any atom is 0.231 e. The molecule has 24 heavy (non-hydrogen) atoms. The van der Waals surface area contributed by atoms with E-state index in [9.17, 15) is 5.11 Å². The van der Waals surface area contributed by atoms with Crippen LogP contribution in [-0.4, -0.2) is 31.6 Å². The van der Waals surface area contributed by atoms with Crippen LogP contribution >= 0.6 is 0 Å². The molecular weight excluding hydrogens is 304 g/mol. The van der Waals surface area contributed by atoms with Gasteiger partial charge in [-0.3, -0.25) is 5.32 Å². The summed E-state index contributed by atoms with van der Waals surface area (Å²) in [5.41, 5.74) is 1.98. The van der Waals surface area contributed by atoms with Crippen LogP contribution in [-0.2, 0) is 6.42 Å². The third-order valence-corrected chi connectivity index (χ3v) is 3.30. The summed E-state index contributed by atoms with van der Waals surface area (Å²) in [6.45, 7) is 2.63. The van der Waals surface area contributed by atoms with E-state index in [-0.39, 0.29) is 5.75 Å². The van der Waals surface area contributed by atoms with Crippen LogP contribution in [0.2, 0.25) is 0 Å². The van der Waals surface area contributed by atoms with Gasteiger partial charge in [0, 0.05) is 30.7 Å². The normalized spacial score (nSPS) is 10.4. The summed E-state index contributed by atoms with van der Waals surface area (Å²) < 4.78 is 0. The average Bonchev–Trinajstić information content (AvgIpc) is 2.57. The van der Waals surface area contributed by atoms with Crippen molar-refractivity contribution in [3.63, 3.8) is 0 Å². The van der Waals surface area contributed by atoms with E-state index in [0.29, 0.717) is 11.9 Å². The minimum atomic E-state index is 0.275. The Bertz CT molecular complexity index is 792. The highest BCUT2D eigenvalue weighted by atomic mass is 16.3. The van der Waals surface area contributed by atoms with Gasteiger partial charge in [-0.05, 0) is 37.1 Å². The van der Waals surface area contributed by atoms with Gasteiger partial charge in [0.2, 0.25) is 11.9 Å². The molecule has 0 atom stereocenters. The number of benzene rings is 1. The molecule has 0 unspecified atom stereocenters. The zero-order valence-electron chi connectivity index (χ0n) is 13.3. The lowest BCUT2D eigenvalue weighted by atomic mass is 10.1. The second-order valence-electron chi connectivity index (χ2n) is 5.26. The summed E-state index contributed by atoms with van der Waals surface area (Å²) >= 11 is 0. The third kappa shape index (κ3) is 4.39. The molecule has 1 aromatic carbocycles. The van der Waals surface area contributed by atoms with E-state index in [4.69, 9.17) is 0 Å². The van der Waals surface area contributed by atoms with Gasteiger partial charge < -0.3 is 10.4 Å². The number of hydrogen-bond acceptors (Lipinski definition) is 7. The van der Waals surface area contributed by atoms with Gasteiger partial charge in [0.15, 0.2) is 0 Å². The Morgan fingerprint density at radius 1 is 1.00 bits per heavy atom. The largest absolute Gasteiger partial charge is 0.508 e. The molecule has 0 saturated heterocycles. The van der Waals surface area contributed by atoms with Crippen LogP contribution in [0.15, 0.2) is 48.8 Å². The second kappa shape index (κ2) is 7.36. The molecule has 2 aromatic heterocycles. The first-order valence-electron chi connectivity index (χ1n) is 7.60. The summed E-state index contributed by atoms with van der Waals surface area (Å²) in [6, 6.07) is 10.8. The predicted octanol–water partition coefficient (Wildman–Crippen LogP) is 2.68. The number of nitrogens with zero attached hydrogens (tertiary/aromatic N) is 4. The SMILES string of the molecule is Cc1cc(NCCc2ccc(O)cc2)nc(Nc2ncccn2)n1. The van der Waals surface area contributed by atoms with Crippen molar-refractivity contribution in [3.05, 3.63) is 60.0 Å². The third-order valence-electron chi connectivity index (χ3n) is 3.30. The fraction of sp³-hybridized carbons (Fsp3) is 0.176. The fourth-order valence-corrected chi connectivity index (χ4v) is 2.18. The Hall–Kier alpha value is -3.22. The quantitative estimate of drug-likeness (QED) is 0.642. The molecule has 0 aliphatic heterocycles. The van der Waals surface area contributed by atoms with Gasteiger partial charge in [-0.1, -0.05) is 12.1 Å². The Morgan fingerprint density at radius 3 is 2.50 bits per heavy atom. The van der Waals surface area contributed by atoms with Crippen molar-refractivity contribution in [1.29, 1.82) is 0 Å². The Kier molecular flexibility index (Phi) is 4.81. The molecule has 0 saturated carbocycles. The topological polar surface area (TPSA) is 95.8 Å². The van der Waals surface area contributed by atoms with Crippen LogP contribution in [0, 0.1) is 6.92 Å². The van der Waals surface area contributed by atoms with E-state index in [0.717, 1.165) is 30.0 Å². The van der Waals surface area contributed by atoms with Gasteiger partial charge in [-0.2, -0.15) is 4.98 Å². The molecular formula is C17H18N6O. The number of aromatic hydroxyl groups is 1. The zero-order chi connectivity index (χ0) is 16.8. The molecule has 0 aliphatic carbocycles. The smallest absolute Gasteiger partial charge is 0.231 e. The molecule has 122 valence electrons. The lowest BCUT2D eigenvalue weighted by Gasteiger charge is -2.09. The first-order valence-corrected chi connectivity index (χ1v) is 7.60. The summed E-state index contributed by atoms with van der Waals surface area (Å²) in [5, 5.41) is 15.6. The van der Waals surface area contributed by atoms with Crippen molar-refractivity contribution in [1.82, 2.24) is 19.9 Å². The van der Waals surface area contributed by atoms with Crippen LogP contribution in [0.1, 0.15) is 11.3 Å². The minimum absolute atomic E-state index is 0.275. The summed E-state index contributed by atoms with van der Waals surface area (Å²) in [7, 11) is 0. The predicted molar refractivity (Wildman–Crippen MR) is 92.4 cm³/mol. The number of phenolic OH excluding ortho intramolecular Hbond substituents is 1. The summed E-state index contributed by atoms with van der Waals surface area (Å²) in [6.07, 6.45) is 4.14. The summed E-state index contributed by atoms with van der Waals surface area (Å²) in [4.78, 5) is 17.0. The van der Waals surface area contributed by atoms with E-state index >= 15 is 0 Å². The molecule has 7 heteroatoms. The maximum atomic E-state index is 9.29. The van der Waals surface area contributed by atoms with Crippen LogP contribution in [0.5, 0.6) is 5.75 Å². The van der Waals surface area contributed by atoms with Crippen molar-refractivity contribution >= 4 is 17.7 Å². The molecule has 0 bridgehead atoms. The zero-order valence-corrected chi connectivity index (χ0v) is 13.3. The Balaban J connectivity index is 1.62. The molecule has 3 rings (SSSR count). The van der Waals surface area contributed by atoms with Gasteiger partial charge in [0.25, 0.3) is 0 Å². The lowest BCUT2D eigenvalue weighted by Crippen LogP contribution is -2.09. The van der Waals surface area contributed by atoms with E-state index < -0.39 is 0 Å². The molecule has 0 amide bonds. The highest BCUT2D eigenvalue weighted by Crippen LogP contribution is 2.13. The highest BCUT2D eigenvalue weighted by Gasteiger charge is 2.04. The highest BCUT2D eigenvalue weighted by molar-refractivity contribution is 5.48. The van der Waals surface area contributed by atoms with Crippen LogP contribution in [0.4, 0.5) is 17.7 Å². The van der Waals surface area contributed by atoms with E-state index in [2.05, 4.69) is 30.6 Å². The number of anilines is 3. The molecule has 7 nitrogen and oxygen atoms in total.